The van der Waals surface area contributed by atoms with Crippen molar-refractivity contribution in [1.82, 2.24) is 19.5 Å². The van der Waals surface area contributed by atoms with Crippen molar-refractivity contribution >= 4 is 38.3 Å². The van der Waals surface area contributed by atoms with Crippen LogP contribution in [0, 0.1) is 17.1 Å². The summed E-state index contributed by atoms with van der Waals surface area (Å²) >= 11 is 0. The number of rotatable bonds is 5. The number of anilines is 3. The van der Waals surface area contributed by atoms with Crippen LogP contribution in [0.25, 0.3) is 16.6 Å². The number of hydrogen-bond donors (Lipinski definition) is 2. The van der Waals surface area contributed by atoms with Crippen LogP contribution >= 0.6 is 0 Å². The molecule has 0 saturated carbocycles. The number of nitriles is 1. The smallest absolute Gasteiger partial charge is 0.267 e. The highest BCUT2D eigenvalue weighted by molar-refractivity contribution is 7.91. The van der Waals surface area contributed by atoms with E-state index in [1.54, 1.807) is 29.2 Å². The quantitative estimate of drug-likeness (QED) is 0.312. The van der Waals surface area contributed by atoms with E-state index in [0.29, 0.717) is 19.4 Å². The SMILES string of the molecule is N#Cc1c(N)nc(N)nc1N1CCC[C@H]1c1nc2cccc(S(=O)(=O)c3ccccc3)c2c(=O)n1-c1cccc(F)c1. The van der Waals surface area contributed by atoms with Crippen molar-refractivity contribution in [3.8, 4) is 11.8 Å². The van der Waals surface area contributed by atoms with E-state index in [2.05, 4.69) is 9.97 Å². The Morgan fingerprint density at radius 2 is 1.74 bits per heavy atom. The van der Waals surface area contributed by atoms with Gasteiger partial charge < -0.3 is 16.4 Å². The molecule has 42 heavy (non-hydrogen) atoms. The zero-order valence-corrected chi connectivity index (χ0v) is 22.8. The fourth-order valence-corrected chi connectivity index (χ4v) is 6.83. The number of nitrogen functional groups attached to an aromatic ring is 2. The number of fused-ring (bicyclic) bond motifs is 1. The van der Waals surface area contributed by atoms with E-state index in [1.165, 1.54) is 53.1 Å². The minimum absolute atomic E-state index is 0.0169. The molecule has 0 spiro atoms. The maximum absolute atomic E-state index is 14.5. The monoisotopic (exact) mass is 582 g/mol. The maximum Gasteiger partial charge on any atom is 0.267 e. The van der Waals surface area contributed by atoms with Crippen molar-refractivity contribution in [3.05, 3.63) is 100 Å². The zero-order valence-electron chi connectivity index (χ0n) is 22.0. The standard InChI is InChI=1S/C29H23FN8O3S/c30-17-7-4-8-18(15-17)38-27(22-12-6-14-37(22)26-20(16-31)25(32)35-29(33)36-26)34-21-11-5-13-23(24(21)28(38)39)42(40,41)19-9-2-1-3-10-19/h1-5,7-11,13,15,22H,6,12,14H2,(H4,32,33,35,36)/t22-/m0/s1. The molecule has 1 saturated heterocycles. The predicted octanol–water partition coefficient (Wildman–Crippen LogP) is 3.53. The van der Waals surface area contributed by atoms with Crippen LogP contribution in [0.3, 0.4) is 0 Å². The summed E-state index contributed by atoms with van der Waals surface area (Å²) < 4.78 is 43.1. The molecule has 11 nitrogen and oxygen atoms in total. The van der Waals surface area contributed by atoms with E-state index in [0.717, 1.165) is 0 Å². The molecule has 5 aromatic rings. The van der Waals surface area contributed by atoms with E-state index < -0.39 is 27.3 Å². The van der Waals surface area contributed by atoms with E-state index in [-0.39, 0.29) is 55.4 Å². The Bertz CT molecular complexity index is 2080. The molecule has 3 heterocycles. The van der Waals surface area contributed by atoms with Crippen molar-refractivity contribution in [3.63, 3.8) is 0 Å². The molecular formula is C29H23FN8O3S. The van der Waals surface area contributed by atoms with E-state index in [9.17, 15) is 22.9 Å². The highest BCUT2D eigenvalue weighted by atomic mass is 32.2. The number of benzene rings is 3. The van der Waals surface area contributed by atoms with Gasteiger partial charge in [-0.05, 0) is 55.3 Å². The lowest BCUT2D eigenvalue weighted by atomic mass is 10.1. The number of hydrogen-bond acceptors (Lipinski definition) is 10. The van der Waals surface area contributed by atoms with Gasteiger partial charge in [0.1, 0.15) is 29.1 Å². The summed E-state index contributed by atoms with van der Waals surface area (Å²) in [6.07, 6.45) is 1.13. The lowest BCUT2D eigenvalue weighted by molar-refractivity contribution is 0.596. The van der Waals surface area contributed by atoms with Crippen LogP contribution in [-0.4, -0.2) is 34.5 Å². The lowest BCUT2D eigenvalue weighted by Crippen LogP contribution is -2.33. The molecule has 0 amide bonds. The van der Waals surface area contributed by atoms with E-state index in [4.69, 9.17) is 16.5 Å². The average Bonchev–Trinajstić information content (AvgIpc) is 3.46. The highest BCUT2D eigenvalue weighted by Gasteiger charge is 2.35. The Kier molecular flexibility index (Phi) is 6.55. The first-order chi connectivity index (χ1) is 20.2. The fraction of sp³-hybridized carbons (Fsp3) is 0.138. The Hall–Kier alpha value is -5.35. The van der Waals surface area contributed by atoms with Crippen molar-refractivity contribution in [1.29, 1.82) is 5.26 Å². The van der Waals surface area contributed by atoms with Gasteiger partial charge in [-0.15, -0.1) is 0 Å². The number of halogens is 1. The summed E-state index contributed by atoms with van der Waals surface area (Å²) in [7, 11) is -4.12. The second-order valence-electron chi connectivity index (χ2n) is 9.69. The van der Waals surface area contributed by atoms with Gasteiger partial charge in [0, 0.05) is 6.54 Å². The Balaban J connectivity index is 1.65. The molecule has 0 bridgehead atoms. The maximum atomic E-state index is 14.5. The van der Waals surface area contributed by atoms with Crippen molar-refractivity contribution in [2.75, 3.05) is 22.9 Å². The van der Waals surface area contributed by atoms with Crippen LogP contribution in [0.5, 0.6) is 0 Å². The van der Waals surface area contributed by atoms with Crippen LogP contribution in [0.2, 0.25) is 0 Å². The molecule has 1 atom stereocenters. The highest BCUT2D eigenvalue weighted by Crippen LogP contribution is 2.38. The summed E-state index contributed by atoms with van der Waals surface area (Å²) in [6.45, 7) is 0.425. The predicted molar refractivity (Wildman–Crippen MR) is 154 cm³/mol. The molecule has 6 rings (SSSR count). The second kappa shape index (κ2) is 10.2. The molecule has 0 radical (unpaired) electrons. The summed E-state index contributed by atoms with van der Waals surface area (Å²) in [4.78, 5) is 28.9. The van der Waals surface area contributed by atoms with Gasteiger partial charge >= 0.3 is 0 Å². The first-order valence-electron chi connectivity index (χ1n) is 12.9. The summed E-state index contributed by atoms with van der Waals surface area (Å²) in [5.41, 5.74) is 11.5. The third-order valence-electron chi connectivity index (χ3n) is 7.16. The molecule has 0 unspecified atom stereocenters. The average molecular weight is 583 g/mol. The topological polar surface area (TPSA) is 174 Å². The third-order valence-corrected chi connectivity index (χ3v) is 8.98. The summed E-state index contributed by atoms with van der Waals surface area (Å²) in [6, 6.07) is 19.0. The normalized spacial score (nSPS) is 15.1. The Morgan fingerprint density at radius 3 is 2.48 bits per heavy atom. The number of sulfone groups is 1. The van der Waals surface area contributed by atoms with Gasteiger partial charge in [-0.2, -0.15) is 15.2 Å². The van der Waals surface area contributed by atoms with E-state index in [1.807, 2.05) is 6.07 Å². The molecule has 1 aliphatic heterocycles. The molecule has 1 fully saturated rings. The Labute approximate surface area is 239 Å². The van der Waals surface area contributed by atoms with Gasteiger partial charge in [-0.3, -0.25) is 9.36 Å². The first kappa shape index (κ1) is 26.9. The lowest BCUT2D eigenvalue weighted by Gasteiger charge is -2.28. The van der Waals surface area contributed by atoms with E-state index >= 15 is 0 Å². The number of aromatic nitrogens is 4. The molecule has 4 N–H and O–H groups in total. The summed E-state index contributed by atoms with van der Waals surface area (Å²) in [5, 5.41) is 9.68. The zero-order chi connectivity index (χ0) is 29.6. The van der Waals surface area contributed by atoms with Gasteiger partial charge in [0.25, 0.3) is 5.56 Å². The van der Waals surface area contributed by atoms with Gasteiger partial charge in [-0.1, -0.05) is 30.3 Å². The first-order valence-corrected chi connectivity index (χ1v) is 14.4. The largest absolute Gasteiger partial charge is 0.382 e. The molecule has 0 aliphatic carbocycles. The molecule has 3 aromatic carbocycles. The van der Waals surface area contributed by atoms with Crippen molar-refractivity contribution in [2.45, 2.75) is 28.7 Å². The van der Waals surface area contributed by atoms with Gasteiger partial charge in [0.15, 0.2) is 5.82 Å². The molecule has 2 aromatic heterocycles. The Morgan fingerprint density at radius 1 is 0.976 bits per heavy atom. The van der Waals surface area contributed by atoms with Crippen molar-refractivity contribution < 1.29 is 12.8 Å². The molecule has 13 heteroatoms. The van der Waals surface area contributed by atoms with Crippen LogP contribution in [0.15, 0.2) is 87.4 Å². The van der Waals surface area contributed by atoms with Gasteiger partial charge in [0.2, 0.25) is 15.8 Å². The minimum Gasteiger partial charge on any atom is -0.382 e. The van der Waals surface area contributed by atoms with Crippen molar-refractivity contribution in [2.24, 2.45) is 0 Å². The minimum atomic E-state index is -4.12. The van der Waals surface area contributed by atoms with Crippen LogP contribution in [-0.2, 0) is 9.84 Å². The van der Waals surface area contributed by atoms with Crippen LogP contribution in [0.4, 0.5) is 22.0 Å². The van der Waals surface area contributed by atoms with Gasteiger partial charge in [0.05, 0.1) is 32.4 Å². The van der Waals surface area contributed by atoms with Gasteiger partial charge in [-0.25, -0.2) is 17.8 Å². The number of nitrogens with two attached hydrogens (primary N) is 2. The molecule has 1 aliphatic rings. The molecular weight excluding hydrogens is 559 g/mol. The molecule has 210 valence electrons. The van der Waals surface area contributed by atoms with Crippen LogP contribution < -0.4 is 21.9 Å². The third kappa shape index (κ3) is 4.38. The second-order valence-corrected chi connectivity index (χ2v) is 11.6. The summed E-state index contributed by atoms with van der Waals surface area (Å²) in [5.74, 6) is -0.413. The fourth-order valence-electron chi connectivity index (χ4n) is 5.34. The number of nitrogens with zero attached hydrogens (tertiary/aromatic N) is 6. The van der Waals surface area contributed by atoms with Crippen LogP contribution in [0.1, 0.15) is 30.3 Å².